The van der Waals surface area contributed by atoms with E-state index in [0.717, 1.165) is 11.5 Å². The molecule has 0 aliphatic heterocycles. The lowest BCUT2D eigenvalue weighted by Crippen LogP contribution is -1.88. The SMILES string of the molecule is N#C/C(=C\c1ccc(Cl)cc1Cl)c1nsc(/C(C#N)=C/c2ccc(Cl)cc2Cl)n1. The molecule has 9 heteroatoms. The molecule has 0 N–H and O–H groups in total. The molecule has 0 bridgehead atoms. The number of nitrogens with zero attached hydrogens (tertiary/aromatic N) is 4. The molecule has 0 spiro atoms. The van der Waals surface area contributed by atoms with Gasteiger partial charge < -0.3 is 0 Å². The van der Waals surface area contributed by atoms with Gasteiger partial charge in [0.15, 0.2) is 10.8 Å². The number of rotatable bonds is 4. The summed E-state index contributed by atoms with van der Waals surface area (Å²) in [5.41, 5.74) is 1.69. The van der Waals surface area contributed by atoms with E-state index < -0.39 is 0 Å². The molecule has 0 saturated carbocycles. The van der Waals surface area contributed by atoms with Crippen LogP contribution in [-0.2, 0) is 0 Å². The first-order chi connectivity index (χ1) is 13.9. The molecule has 0 unspecified atom stereocenters. The van der Waals surface area contributed by atoms with Gasteiger partial charge in [-0.3, -0.25) is 0 Å². The Bertz CT molecular complexity index is 1140. The molecule has 0 fully saturated rings. The second-order valence-electron chi connectivity index (χ2n) is 5.59. The van der Waals surface area contributed by atoms with Gasteiger partial charge in [-0.05, 0) is 59.1 Å². The van der Waals surface area contributed by atoms with Gasteiger partial charge in [0.2, 0.25) is 0 Å². The van der Waals surface area contributed by atoms with E-state index in [4.69, 9.17) is 46.4 Å². The normalized spacial score (nSPS) is 11.8. The summed E-state index contributed by atoms with van der Waals surface area (Å²) >= 11 is 25.1. The number of allylic oxidation sites excluding steroid dienone is 2. The van der Waals surface area contributed by atoms with E-state index in [-0.39, 0.29) is 17.0 Å². The van der Waals surface area contributed by atoms with Gasteiger partial charge in [0.25, 0.3) is 0 Å². The monoisotopic (exact) mass is 476 g/mol. The molecule has 0 amide bonds. The molecule has 0 radical (unpaired) electrons. The second kappa shape index (κ2) is 9.41. The van der Waals surface area contributed by atoms with Gasteiger partial charge in [-0.2, -0.15) is 14.9 Å². The summed E-state index contributed by atoms with van der Waals surface area (Å²) in [6.07, 6.45) is 3.16. The Morgan fingerprint density at radius 3 is 1.83 bits per heavy atom. The van der Waals surface area contributed by atoms with Crippen LogP contribution in [0.3, 0.4) is 0 Å². The van der Waals surface area contributed by atoms with Crippen molar-refractivity contribution in [3.8, 4) is 12.1 Å². The summed E-state index contributed by atoms with van der Waals surface area (Å²) in [5, 5.41) is 21.2. The number of benzene rings is 2. The highest BCUT2D eigenvalue weighted by molar-refractivity contribution is 7.06. The van der Waals surface area contributed by atoms with Gasteiger partial charge in [-0.1, -0.05) is 58.5 Å². The maximum atomic E-state index is 9.53. The predicted molar refractivity (Wildman–Crippen MR) is 120 cm³/mol. The number of halogens is 4. The fourth-order valence-electron chi connectivity index (χ4n) is 2.28. The molecule has 2 aromatic carbocycles. The maximum absolute atomic E-state index is 9.53. The van der Waals surface area contributed by atoms with Crippen LogP contribution in [0.25, 0.3) is 23.3 Å². The average molecular weight is 478 g/mol. The molecule has 3 aromatic rings. The summed E-state index contributed by atoms with van der Waals surface area (Å²) < 4.78 is 4.20. The fourth-order valence-corrected chi connectivity index (χ4v) is 3.85. The molecular formula is C20H8Cl4N4S. The van der Waals surface area contributed by atoms with Gasteiger partial charge in [-0.15, -0.1) is 0 Å². The van der Waals surface area contributed by atoms with Crippen molar-refractivity contribution in [3.63, 3.8) is 0 Å². The van der Waals surface area contributed by atoms with Crippen molar-refractivity contribution in [2.24, 2.45) is 0 Å². The molecule has 0 aliphatic carbocycles. The number of hydrogen-bond donors (Lipinski definition) is 0. The third kappa shape index (κ3) is 5.16. The largest absolute Gasteiger partial charge is 0.213 e. The number of nitriles is 2. The Labute approximate surface area is 191 Å². The standard InChI is InChI=1S/C20H8Cl4N4S/c21-15-3-1-11(17(23)7-15)5-13(9-25)19-27-20(29-28-19)14(10-26)6-12-2-4-16(22)8-18(12)24/h1-8H/b13-5+,14-6+. The molecule has 3 rings (SSSR count). The van der Waals surface area contributed by atoms with Crippen LogP contribution < -0.4 is 0 Å². The molecule has 4 nitrogen and oxygen atoms in total. The van der Waals surface area contributed by atoms with Crippen molar-refractivity contribution >= 4 is 81.2 Å². The summed E-state index contributed by atoms with van der Waals surface area (Å²) in [4.78, 5) is 4.33. The van der Waals surface area contributed by atoms with E-state index in [1.165, 1.54) is 0 Å². The molecule has 1 heterocycles. The van der Waals surface area contributed by atoms with Crippen molar-refractivity contribution in [1.29, 1.82) is 10.5 Å². The van der Waals surface area contributed by atoms with Crippen LogP contribution in [0.15, 0.2) is 36.4 Å². The van der Waals surface area contributed by atoms with Crippen molar-refractivity contribution in [2.45, 2.75) is 0 Å². The van der Waals surface area contributed by atoms with Crippen LogP contribution >= 0.6 is 57.9 Å². The van der Waals surface area contributed by atoms with E-state index in [1.54, 1.807) is 48.6 Å². The lowest BCUT2D eigenvalue weighted by Gasteiger charge is -2.00. The lowest BCUT2D eigenvalue weighted by molar-refractivity contribution is 1.25. The van der Waals surface area contributed by atoms with Crippen LogP contribution in [0, 0.1) is 22.7 Å². The predicted octanol–water partition coefficient (Wildman–Crippen LogP) is 7.28. The molecule has 142 valence electrons. The first-order valence-electron chi connectivity index (χ1n) is 7.89. The van der Waals surface area contributed by atoms with Crippen molar-refractivity contribution in [1.82, 2.24) is 9.36 Å². The van der Waals surface area contributed by atoms with Crippen LogP contribution in [0.1, 0.15) is 22.0 Å². The minimum atomic E-state index is 0.196. The smallest absolute Gasteiger partial charge is 0.184 e. The van der Waals surface area contributed by atoms with Crippen molar-refractivity contribution < 1.29 is 0 Å². The molecule has 0 aliphatic rings. The topological polar surface area (TPSA) is 73.4 Å². The molecule has 0 saturated heterocycles. The van der Waals surface area contributed by atoms with Gasteiger partial charge >= 0.3 is 0 Å². The Balaban J connectivity index is 1.97. The van der Waals surface area contributed by atoms with Gasteiger partial charge in [0.05, 0.1) is 11.1 Å². The third-order valence-corrected chi connectivity index (χ3v) is 5.54. The van der Waals surface area contributed by atoms with Crippen LogP contribution in [-0.4, -0.2) is 9.36 Å². The molecule has 29 heavy (non-hydrogen) atoms. The lowest BCUT2D eigenvalue weighted by atomic mass is 10.1. The Hall–Kier alpha value is -2.38. The Morgan fingerprint density at radius 1 is 0.828 bits per heavy atom. The van der Waals surface area contributed by atoms with E-state index in [2.05, 4.69) is 21.5 Å². The Morgan fingerprint density at radius 2 is 1.34 bits per heavy atom. The number of hydrogen-bond acceptors (Lipinski definition) is 5. The van der Waals surface area contributed by atoms with E-state index >= 15 is 0 Å². The second-order valence-corrected chi connectivity index (χ2v) is 8.03. The summed E-state index contributed by atoms with van der Waals surface area (Å²) in [6.45, 7) is 0. The van der Waals surface area contributed by atoms with Crippen LogP contribution in [0.5, 0.6) is 0 Å². The van der Waals surface area contributed by atoms with Gasteiger partial charge in [0.1, 0.15) is 12.1 Å². The Kier molecular flexibility index (Phi) is 6.92. The zero-order valence-electron chi connectivity index (χ0n) is 14.3. The first kappa shape index (κ1) is 21.3. The summed E-state index contributed by atoms with van der Waals surface area (Å²) in [6, 6.07) is 14.0. The maximum Gasteiger partial charge on any atom is 0.184 e. The quantitative estimate of drug-likeness (QED) is 0.370. The van der Waals surface area contributed by atoms with Crippen molar-refractivity contribution in [2.75, 3.05) is 0 Å². The third-order valence-electron chi connectivity index (χ3n) is 3.66. The van der Waals surface area contributed by atoms with Crippen molar-refractivity contribution in [3.05, 3.63) is 78.4 Å². The molecule has 0 atom stereocenters. The number of aromatic nitrogens is 2. The van der Waals surface area contributed by atoms with Crippen LogP contribution in [0.4, 0.5) is 0 Å². The summed E-state index contributed by atoms with van der Waals surface area (Å²) in [7, 11) is 0. The summed E-state index contributed by atoms with van der Waals surface area (Å²) in [5.74, 6) is 0.196. The zero-order chi connectivity index (χ0) is 21.0. The first-order valence-corrected chi connectivity index (χ1v) is 10.2. The highest BCUT2D eigenvalue weighted by Gasteiger charge is 2.14. The van der Waals surface area contributed by atoms with E-state index in [1.807, 2.05) is 0 Å². The molecule has 1 aromatic heterocycles. The fraction of sp³-hybridized carbons (Fsp3) is 0. The highest BCUT2D eigenvalue weighted by atomic mass is 35.5. The van der Waals surface area contributed by atoms with Gasteiger partial charge in [0, 0.05) is 20.1 Å². The zero-order valence-corrected chi connectivity index (χ0v) is 18.2. The van der Waals surface area contributed by atoms with E-state index in [9.17, 15) is 10.5 Å². The van der Waals surface area contributed by atoms with E-state index in [0.29, 0.717) is 36.2 Å². The average Bonchev–Trinajstić information content (AvgIpc) is 3.16. The highest BCUT2D eigenvalue weighted by Crippen LogP contribution is 2.29. The minimum Gasteiger partial charge on any atom is -0.213 e. The van der Waals surface area contributed by atoms with Gasteiger partial charge in [-0.25, -0.2) is 4.98 Å². The minimum absolute atomic E-state index is 0.196. The van der Waals surface area contributed by atoms with Crippen LogP contribution in [0.2, 0.25) is 20.1 Å². The molecular weight excluding hydrogens is 470 g/mol.